The Morgan fingerprint density at radius 3 is 2.32 bits per heavy atom. The number of carbonyl (C=O) groups is 1. The van der Waals surface area contributed by atoms with Crippen LogP contribution in [-0.4, -0.2) is 48.7 Å². The van der Waals surface area contributed by atoms with Crippen molar-refractivity contribution >= 4 is 5.97 Å². The quantitative estimate of drug-likeness (QED) is 0.663. The number of hydrogen-bond donors (Lipinski definition) is 2. The number of aliphatic hydroxyl groups excluding tert-OH is 2. The molecule has 0 radical (unpaired) electrons. The van der Waals surface area contributed by atoms with Crippen molar-refractivity contribution in [1.29, 1.82) is 0 Å². The maximum absolute atomic E-state index is 11.1. The van der Waals surface area contributed by atoms with Crippen molar-refractivity contribution in [1.82, 2.24) is 0 Å². The molecule has 106 valence electrons. The van der Waals surface area contributed by atoms with Gasteiger partial charge < -0.3 is 24.4 Å². The van der Waals surface area contributed by atoms with Crippen LogP contribution in [0.2, 0.25) is 0 Å². The molecule has 1 atom stereocenters. The van der Waals surface area contributed by atoms with E-state index in [1.165, 1.54) is 0 Å². The first kappa shape index (κ1) is 15.3. The minimum Gasteiger partial charge on any atom is -0.491 e. The van der Waals surface area contributed by atoms with Crippen molar-refractivity contribution in [3.63, 3.8) is 0 Å². The van der Waals surface area contributed by atoms with Crippen LogP contribution in [0.1, 0.15) is 6.92 Å². The molecule has 0 saturated carbocycles. The second-order valence-electron chi connectivity index (χ2n) is 3.71. The lowest BCUT2D eigenvalue weighted by atomic mass is 10.3. The molecule has 19 heavy (non-hydrogen) atoms. The first-order valence-electron chi connectivity index (χ1n) is 5.96. The summed E-state index contributed by atoms with van der Waals surface area (Å²) in [5.74, 6) is 0.632. The SMILES string of the molecule is CCOC(=O)COc1ccc(OCC(O)CO)cc1. The van der Waals surface area contributed by atoms with E-state index in [9.17, 15) is 4.79 Å². The number of hydrogen-bond acceptors (Lipinski definition) is 6. The minimum atomic E-state index is -0.903. The number of esters is 1. The van der Waals surface area contributed by atoms with Gasteiger partial charge in [0.2, 0.25) is 0 Å². The predicted octanol–water partition coefficient (Wildman–Crippen LogP) is 0.360. The third-order valence-electron chi connectivity index (χ3n) is 2.14. The van der Waals surface area contributed by atoms with Crippen molar-refractivity contribution < 1.29 is 29.2 Å². The normalized spacial score (nSPS) is 11.7. The first-order valence-corrected chi connectivity index (χ1v) is 5.96. The number of carbonyl (C=O) groups excluding carboxylic acids is 1. The Morgan fingerprint density at radius 1 is 1.21 bits per heavy atom. The lowest BCUT2D eigenvalue weighted by Crippen LogP contribution is -2.21. The summed E-state index contributed by atoms with van der Waals surface area (Å²) in [7, 11) is 0. The van der Waals surface area contributed by atoms with Crippen molar-refractivity contribution in [3.05, 3.63) is 24.3 Å². The number of rotatable bonds is 8. The number of benzene rings is 1. The zero-order valence-electron chi connectivity index (χ0n) is 10.7. The van der Waals surface area contributed by atoms with E-state index in [2.05, 4.69) is 0 Å². The van der Waals surface area contributed by atoms with Crippen molar-refractivity contribution in [2.75, 3.05) is 26.4 Å². The molecule has 0 aromatic heterocycles. The van der Waals surface area contributed by atoms with Crippen LogP contribution < -0.4 is 9.47 Å². The molecule has 0 heterocycles. The smallest absolute Gasteiger partial charge is 0.344 e. The zero-order valence-corrected chi connectivity index (χ0v) is 10.7. The molecule has 1 aromatic rings. The summed E-state index contributed by atoms with van der Waals surface area (Å²) in [6.07, 6.45) is -0.903. The van der Waals surface area contributed by atoms with Crippen LogP contribution in [0.25, 0.3) is 0 Å². The largest absolute Gasteiger partial charge is 0.491 e. The highest BCUT2D eigenvalue weighted by Gasteiger charge is 2.05. The van der Waals surface area contributed by atoms with Gasteiger partial charge in [0, 0.05) is 0 Å². The van der Waals surface area contributed by atoms with Gasteiger partial charge in [0.15, 0.2) is 6.61 Å². The van der Waals surface area contributed by atoms with E-state index < -0.39 is 12.1 Å². The fraction of sp³-hybridized carbons (Fsp3) is 0.462. The summed E-state index contributed by atoms with van der Waals surface area (Å²) >= 11 is 0. The molecule has 0 aliphatic rings. The summed E-state index contributed by atoms with van der Waals surface area (Å²) in [5.41, 5.74) is 0. The van der Waals surface area contributed by atoms with Gasteiger partial charge in [0.1, 0.15) is 24.2 Å². The average molecular weight is 270 g/mol. The molecule has 6 nitrogen and oxygen atoms in total. The fourth-order valence-electron chi connectivity index (χ4n) is 1.22. The van der Waals surface area contributed by atoms with Crippen LogP contribution in [0.3, 0.4) is 0 Å². The topological polar surface area (TPSA) is 85.2 Å². The van der Waals surface area contributed by atoms with Crippen LogP contribution >= 0.6 is 0 Å². The molecule has 0 saturated heterocycles. The Morgan fingerprint density at radius 2 is 1.79 bits per heavy atom. The molecule has 1 aromatic carbocycles. The van der Waals surface area contributed by atoms with Gasteiger partial charge in [-0.25, -0.2) is 4.79 Å². The van der Waals surface area contributed by atoms with Gasteiger partial charge in [-0.15, -0.1) is 0 Å². The highest BCUT2D eigenvalue weighted by atomic mass is 16.6. The van der Waals surface area contributed by atoms with Crippen LogP contribution in [0, 0.1) is 0 Å². The maximum atomic E-state index is 11.1. The molecule has 0 fully saturated rings. The molecule has 0 bridgehead atoms. The molecule has 6 heteroatoms. The van der Waals surface area contributed by atoms with E-state index in [4.69, 9.17) is 24.4 Å². The molecule has 0 amide bonds. The second kappa shape index (κ2) is 8.34. The lowest BCUT2D eigenvalue weighted by molar-refractivity contribution is -0.145. The Balaban J connectivity index is 2.37. The van der Waals surface area contributed by atoms with Gasteiger partial charge in [0.25, 0.3) is 0 Å². The van der Waals surface area contributed by atoms with Crippen LogP contribution in [0.4, 0.5) is 0 Å². The molecule has 0 aliphatic heterocycles. The molecule has 1 unspecified atom stereocenters. The Hall–Kier alpha value is -1.79. The Labute approximate surface area is 111 Å². The summed E-state index contributed by atoms with van der Waals surface area (Å²) < 4.78 is 15.1. The third kappa shape index (κ3) is 6.08. The van der Waals surface area contributed by atoms with E-state index in [-0.39, 0.29) is 19.8 Å². The first-order chi connectivity index (χ1) is 9.15. The van der Waals surface area contributed by atoms with E-state index in [0.29, 0.717) is 18.1 Å². The highest BCUT2D eigenvalue weighted by molar-refractivity contribution is 5.71. The zero-order chi connectivity index (χ0) is 14.1. The monoisotopic (exact) mass is 270 g/mol. The van der Waals surface area contributed by atoms with E-state index >= 15 is 0 Å². The lowest BCUT2D eigenvalue weighted by Gasteiger charge is -2.10. The van der Waals surface area contributed by atoms with Crippen LogP contribution in [0.15, 0.2) is 24.3 Å². The molecule has 0 spiro atoms. The van der Waals surface area contributed by atoms with Gasteiger partial charge >= 0.3 is 5.97 Å². The second-order valence-corrected chi connectivity index (χ2v) is 3.71. The van der Waals surface area contributed by atoms with Gasteiger partial charge in [-0.05, 0) is 31.2 Å². The van der Waals surface area contributed by atoms with Gasteiger partial charge in [-0.3, -0.25) is 0 Å². The standard InChI is InChI=1S/C13H18O6/c1-2-17-13(16)9-19-12-5-3-11(4-6-12)18-8-10(15)7-14/h3-6,10,14-15H,2,7-9H2,1H3. The van der Waals surface area contributed by atoms with Crippen molar-refractivity contribution in [2.45, 2.75) is 13.0 Å². The summed E-state index contributed by atoms with van der Waals surface area (Å²) in [6.45, 7) is 1.57. The fourth-order valence-corrected chi connectivity index (χ4v) is 1.22. The summed E-state index contributed by atoms with van der Waals surface area (Å²) in [5, 5.41) is 17.7. The Kier molecular flexibility index (Phi) is 6.70. The summed E-state index contributed by atoms with van der Waals surface area (Å²) in [4.78, 5) is 11.1. The van der Waals surface area contributed by atoms with Crippen molar-refractivity contribution in [2.24, 2.45) is 0 Å². The average Bonchev–Trinajstić information content (AvgIpc) is 2.44. The third-order valence-corrected chi connectivity index (χ3v) is 2.14. The van der Waals surface area contributed by atoms with Gasteiger partial charge in [0.05, 0.1) is 13.2 Å². The van der Waals surface area contributed by atoms with Crippen LogP contribution in [0.5, 0.6) is 11.5 Å². The Bertz CT molecular complexity index is 375. The maximum Gasteiger partial charge on any atom is 0.344 e. The van der Waals surface area contributed by atoms with Crippen molar-refractivity contribution in [3.8, 4) is 11.5 Å². The molecular weight excluding hydrogens is 252 g/mol. The molecule has 0 aliphatic carbocycles. The van der Waals surface area contributed by atoms with Crippen LogP contribution in [-0.2, 0) is 9.53 Å². The van der Waals surface area contributed by atoms with E-state index in [0.717, 1.165) is 0 Å². The molecular formula is C13H18O6. The minimum absolute atomic E-state index is 0.0134. The van der Waals surface area contributed by atoms with Gasteiger partial charge in [-0.1, -0.05) is 0 Å². The predicted molar refractivity (Wildman–Crippen MR) is 67.2 cm³/mol. The molecule has 1 rings (SSSR count). The highest BCUT2D eigenvalue weighted by Crippen LogP contribution is 2.17. The van der Waals surface area contributed by atoms with E-state index in [1.54, 1.807) is 31.2 Å². The van der Waals surface area contributed by atoms with E-state index in [1.807, 2.05) is 0 Å². The number of ether oxygens (including phenoxy) is 3. The summed E-state index contributed by atoms with van der Waals surface area (Å²) in [6, 6.07) is 6.56. The van der Waals surface area contributed by atoms with Gasteiger partial charge in [-0.2, -0.15) is 0 Å². The molecule has 2 N–H and O–H groups in total. The number of aliphatic hydroxyl groups is 2.